The van der Waals surface area contributed by atoms with E-state index in [9.17, 15) is 15.0 Å². The second kappa shape index (κ2) is 7.31. The van der Waals surface area contributed by atoms with Crippen molar-refractivity contribution >= 4 is 5.91 Å². The standard InChI is InChI=1S/C16H24N2O3/c17-13(9-12-5-6-14(19)15(20)10-12)16(21)18-8-7-11-3-1-2-4-11/h5-6,10-11,13,19-20H,1-4,7-9,17H2,(H,18,21)/t13-/m0/s1. The summed E-state index contributed by atoms with van der Waals surface area (Å²) >= 11 is 0. The van der Waals surface area contributed by atoms with Gasteiger partial charge in [0.25, 0.3) is 0 Å². The molecule has 0 unspecified atom stereocenters. The zero-order valence-corrected chi connectivity index (χ0v) is 12.2. The van der Waals surface area contributed by atoms with E-state index in [0.717, 1.165) is 17.9 Å². The number of phenolic OH excluding ortho intramolecular Hbond substituents is 2. The van der Waals surface area contributed by atoms with E-state index in [1.807, 2.05) is 0 Å². The molecule has 116 valence electrons. The fourth-order valence-electron chi connectivity index (χ4n) is 2.87. The van der Waals surface area contributed by atoms with Crippen LogP contribution >= 0.6 is 0 Å². The van der Waals surface area contributed by atoms with Gasteiger partial charge in [-0.25, -0.2) is 0 Å². The van der Waals surface area contributed by atoms with Crippen molar-refractivity contribution in [2.75, 3.05) is 6.54 Å². The number of carbonyl (C=O) groups is 1. The first-order chi connectivity index (χ1) is 10.1. The Kier molecular flexibility index (Phi) is 5.44. The van der Waals surface area contributed by atoms with Crippen LogP contribution in [0.25, 0.3) is 0 Å². The zero-order valence-electron chi connectivity index (χ0n) is 12.2. The number of hydrogen-bond acceptors (Lipinski definition) is 4. The highest BCUT2D eigenvalue weighted by atomic mass is 16.3. The van der Waals surface area contributed by atoms with Gasteiger partial charge in [0.05, 0.1) is 6.04 Å². The van der Waals surface area contributed by atoms with Crippen LogP contribution in [0.3, 0.4) is 0 Å². The van der Waals surface area contributed by atoms with Gasteiger partial charge in [0.2, 0.25) is 5.91 Å². The molecule has 0 saturated heterocycles. The second-order valence-corrected chi connectivity index (χ2v) is 5.86. The van der Waals surface area contributed by atoms with Crippen molar-refractivity contribution in [3.63, 3.8) is 0 Å². The maximum absolute atomic E-state index is 11.9. The molecule has 1 atom stereocenters. The molecular weight excluding hydrogens is 268 g/mol. The van der Waals surface area contributed by atoms with Crippen LogP contribution in [-0.2, 0) is 11.2 Å². The number of nitrogens with two attached hydrogens (primary N) is 1. The number of hydrogen-bond donors (Lipinski definition) is 4. The molecule has 0 aromatic heterocycles. The third kappa shape index (κ3) is 4.63. The van der Waals surface area contributed by atoms with Crippen LogP contribution < -0.4 is 11.1 Å². The van der Waals surface area contributed by atoms with Crippen molar-refractivity contribution in [1.82, 2.24) is 5.32 Å². The number of amides is 1. The first-order valence-corrected chi connectivity index (χ1v) is 7.60. The molecule has 1 aromatic carbocycles. The Morgan fingerprint density at radius 1 is 1.29 bits per heavy atom. The predicted octanol–water partition coefficient (Wildman–Crippen LogP) is 1.66. The predicted molar refractivity (Wildman–Crippen MR) is 81.0 cm³/mol. The van der Waals surface area contributed by atoms with Crippen molar-refractivity contribution in [1.29, 1.82) is 0 Å². The van der Waals surface area contributed by atoms with Gasteiger partial charge in [-0.15, -0.1) is 0 Å². The lowest BCUT2D eigenvalue weighted by Crippen LogP contribution is -2.42. The van der Waals surface area contributed by atoms with E-state index in [2.05, 4.69) is 5.32 Å². The summed E-state index contributed by atoms with van der Waals surface area (Å²) in [7, 11) is 0. The summed E-state index contributed by atoms with van der Waals surface area (Å²) in [6.45, 7) is 0.679. The topological polar surface area (TPSA) is 95.6 Å². The van der Waals surface area contributed by atoms with E-state index in [0.29, 0.717) is 13.0 Å². The highest BCUT2D eigenvalue weighted by Crippen LogP contribution is 2.27. The molecule has 0 bridgehead atoms. The number of carbonyl (C=O) groups excluding carboxylic acids is 1. The maximum atomic E-state index is 11.9. The Morgan fingerprint density at radius 3 is 2.67 bits per heavy atom. The monoisotopic (exact) mass is 292 g/mol. The van der Waals surface area contributed by atoms with E-state index in [4.69, 9.17) is 5.73 Å². The molecule has 5 nitrogen and oxygen atoms in total. The summed E-state index contributed by atoms with van der Waals surface area (Å²) in [5, 5.41) is 21.5. The minimum absolute atomic E-state index is 0.166. The van der Waals surface area contributed by atoms with Crippen molar-refractivity contribution in [2.24, 2.45) is 11.7 Å². The molecule has 21 heavy (non-hydrogen) atoms. The van der Waals surface area contributed by atoms with Crippen molar-refractivity contribution in [3.05, 3.63) is 23.8 Å². The Balaban J connectivity index is 1.74. The molecule has 0 heterocycles. The second-order valence-electron chi connectivity index (χ2n) is 5.86. The Morgan fingerprint density at radius 2 is 2.00 bits per heavy atom. The van der Waals surface area contributed by atoms with Crippen molar-refractivity contribution in [2.45, 2.75) is 44.6 Å². The average Bonchev–Trinajstić information content (AvgIpc) is 2.96. The first-order valence-electron chi connectivity index (χ1n) is 7.60. The normalized spacial score (nSPS) is 16.8. The van der Waals surface area contributed by atoms with E-state index in [1.54, 1.807) is 6.07 Å². The van der Waals surface area contributed by atoms with Crippen LogP contribution in [-0.4, -0.2) is 28.7 Å². The van der Waals surface area contributed by atoms with Crippen LogP contribution in [0.15, 0.2) is 18.2 Å². The van der Waals surface area contributed by atoms with Gasteiger partial charge >= 0.3 is 0 Å². The van der Waals surface area contributed by atoms with E-state index in [1.165, 1.54) is 37.8 Å². The van der Waals surface area contributed by atoms with Gasteiger partial charge in [-0.05, 0) is 36.5 Å². The Labute approximate surface area is 125 Å². The highest BCUT2D eigenvalue weighted by molar-refractivity contribution is 5.81. The first kappa shape index (κ1) is 15.6. The van der Waals surface area contributed by atoms with Gasteiger partial charge in [-0.1, -0.05) is 31.7 Å². The molecule has 1 aromatic rings. The molecule has 0 aliphatic heterocycles. The molecule has 1 fully saturated rings. The number of benzene rings is 1. The van der Waals surface area contributed by atoms with Crippen molar-refractivity contribution < 1.29 is 15.0 Å². The molecule has 1 aliphatic carbocycles. The van der Waals surface area contributed by atoms with Gasteiger partial charge < -0.3 is 21.3 Å². The third-order valence-electron chi connectivity index (χ3n) is 4.16. The minimum Gasteiger partial charge on any atom is -0.504 e. The Bertz CT molecular complexity index is 484. The minimum atomic E-state index is -0.641. The van der Waals surface area contributed by atoms with Crippen LogP contribution in [0.2, 0.25) is 0 Å². The quantitative estimate of drug-likeness (QED) is 0.600. The number of phenols is 2. The van der Waals surface area contributed by atoms with Crippen LogP contribution in [0.4, 0.5) is 0 Å². The van der Waals surface area contributed by atoms with Gasteiger partial charge in [-0.3, -0.25) is 4.79 Å². The molecule has 5 N–H and O–H groups in total. The number of nitrogens with one attached hydrogen (secondary N) is 1. The molecular formula is C16H24N2O3. The SMILES string of the molecule is N[C@@H](Cc1ccc(O)c(O)c1)C(=O)NCCC1CCCC1. The smallest absolute Gasteiger partial charge is 0.237 e. The third-order valence-corrected chi connectivity index (χ3v) is 4.16. The summed E-state index contributed by atoms with van der Waals surface area (Å²) in [4.78, 5) is 11.9. The maximum Gasteiger partial charge on any atom is 0.237 e. The van der Waals surface area contributed by atoms with E-state index < -0.39 is 6.04 Å². The number of rotatable bonds is 6. The van der Waals surface area contributed by atoms with Crippen LogP contribution in [0, 0.1) is 5.92 Å². The average molecular weight is 292 g/mol. The highest BCUT2D eigenvalue weighted by Gasteiger charge is 2.17. The van der Waals surface area contributed by atoms with Gasteiger partial charge in [-0.2, -0.15) is 0 Å². The molecule has 5 heteroatoms. The Hall–Kier alpha value is -1.75. The van der Waals surface area contributed by atoms with Crippen LogP contribution in [0.5, 0.6) is 11.5 Å². The lowest BCUT2D eigenvalue weighted by atomic mass is 10.0. The molecule has 0 spiro atoms. The fourth-order valence-corrected chi connectivity index (χ4v) is 2.87. The van der Waals surface area contributed by atoms with Gasteiger partial charge in [0.1, 0.15) is 0 Å². The zero-order chi connectivity index (χ0) is 15.2. The van der Waals surface area contributed by atoms with E-state index >= 15 is 0 Å². The summed E-state index contributed by atoms with van der Waals surface area (Å²) in [6, 6.07) is 3.84. The summed E-state index contributed by atoms with van der Waals surface area (Å²) in [5.41, 5.74) is 6.60. The largest absolute Gasteiger partial charge is 0.504 e. The van der Waals surface area contributed by atoms with Gasteiger partial charge in [0, 0.05) is 6.54 Å². The molecule has 0 radical (unpaired) electrons. The van der Waals surface area contributed by atoms with E-state index in [-0.39, 0.29) is 17.4 Å². The fraction of sp³-hybridized carbons (Fsp3) is 0.562. The van der Waals surface area contributed by atoms with Crippen molar-refractivity contribution in [3.8, 4) is 11.5 Å². The number of aromatic hydroxyl groups is 2. The lowest BCUT2D eigenvalue weighted by Gasteiger charge is -2.14. The van der Waals surface area contributed by atoms with Crippen LogP contribution in [0.1, 0.15) is 37.7 Å². The lowest BCUT2D eigenvalue weighted by molar-refractivity contribution is -0.122. The molecule has 2 rings (SSSR count). The summed E-state index contributed by atoms with van der Waals surface area (Å²) < 4.78 is 0. The molecule has 1 aliphatic rings. The summed E-state index contributed by atoms with van der Waals surface area (Å²) in [5.74, 6) is 0.214. The summed E-state index contributed by atoms with van der Waals surface area (Å²) in [6.07, 6.45) is 6.52. The van der Waals surface area contributed by atoms with Gasteiger partial charge in [0.15, 0.2) is 11.5 Å². The molecule has 1 saturated carbocycles. The molecule has 1 amide bonds.